The van der Waals surface area contributed by atoms with Crippen molar-refractivity contribution in [3.63, 3.8) is 0 Å². The highest BCUT2D eigenvalue weighted by Gasteiger charge is 2.13. The van der Waals surface area contributed by atoms with Crippen LogP contribution in [0.15, 0.2) is 0 Å². The second-order valence-electron chi connectivity index (χ2n) is 4.65. The fourth-order valence-electron chi connectivity index (χ4n) is 2.02. The van der Waals surface area contributed by atoms with Crippen LogP contribution in [0.1, 0.15) is 38.5 Å². The lowest BCUT2D eigenvalue weighted by molar-refractivity contribution is 0.0198. The van der Waals surface area contributed by atoms with Crippen LogP contribution >= 0.6 is 0 Å². The molecular formula is C13H27NO2. The Morgan fingerprint density at radius 3 is 2.62 bits per heavy atom. The van der Waals surface area contributed by atoms with E-state index in [-0.39, 0.29) is 0 Å². The third-order valence-corrected chi connectivity index (χ3v) is 3.16. The first kappa shape index (κ1) is 13.9. The summed E-state index contributed by atoms with van der Waals surface area (Å²) in [5.74, 6) is 0.748. The molecule has 0 aromatic heterocycles. The van der Waals surface area contributed by atoms with Gasteiger partial charge in [0.05, 0.1) is 0 Å². The second-order valence-corrected chi connectivity index (χ2v) is 4.65. The Hall–Kier alpha value is -0.120. The molecule has 96 valence electrons. The number of rotatable bonds is 9. The summed E-state index contributed by atoms with van der Waals surface area (Å²) < 4.78 is 11.0. The highest BCUT2D eigenvalue weighted by Crippen LogP contribution is 2.14. The Bertz CT molecular complexity index is 147. The van der Waals surface area contributed by atoms with E-state index in [0.717, 1.165) is 38.9 Å². The van der Waals surface area contributed by atoms with Crippen molar-refractivity contribution in [3.8, 4) is 0 Å². The molecule has 0 unspecified atom stereocenters. The molecule has 0 aromatic carbocycles. The van der Waals surface area contributed by atoms with Gasteiger partial charge in [-0.25, -0.2) is 0 Å². The molecule has 1 N–H and O–H groups in total. The maximum absolute atomic E-state index is 5.71. The van der Waals surface area contributed by atoms with E-state index in [1.807, 2.05) is 7.05 Å². The summed E-state index contributed by atoms with van der Waals surface area (Å²) in [4.78, 5) is 0. The predicted molar refractivity (Wildman–Crippen MR) is 66.8 cm³/mol. The SMILES string of the molecule is CNCCCCCCOCC1CCOCC1. The van der Waals surface area contributed by atoms with Crippen LogP contribution in [0.4, 0.5) is 0 Å². The maximum Gasteiger partial charge on any atom is 0.0495 e. The Morgan fingerprint density at radius 1 is 1.12 bits per heavy atom. The van der Waals surface area contributed by atoms with Gasteiger partial charge in [-0.1, -0.05) is 12.8 Å². The van der Waals surface area contributed by atoms with Gasteiger partial charge in [0.2, 0.25) is 0 Å². The molecule has 1 saturated heterocycles. The van der Waals surface area contributed by atoms with Crippen LogP contribution in [0, 0.1) is 5.92 Å². The summed E-state index contributed by atoms with van der Waals surface area (Å²) in [6.45, 7) is 4.88. The number of hydrogen-bond donors (Lipinski definition) is 1. The van der Waals surface area contributed by atoms with Gasteiger partial charge in [-0.15, -0.1) is 0 Å². The molecule has 3 heteroatoms. The molecule has 0 bridgehead atoms. The molecule has 1 aliphatic rings. The van der Waals surface area contributed by atoms with Gasteiger partial charge in [0, 0.05) is 26.4 Å². The largest absolute Gasteiger partial charge is 0.381 e. The first-order valence-corrected chi connectivity index (χ1v) is 6.73. The molecule has 1 heterocycles. The van der Waals surface area contributed by atoms with Crippen LogP contribution in [-0.4, -0.2) is 40.0 Å². The average Bonchev–Trinajstić information content (AvgIpc) is 2.34. The van der Waals surface area contributed by atoms with Gasteiger partial charge < -0.3 is 14.8 Å². The van der Waals surface area contributed by atoms with Crippen molar-refractivity contribution in [1.82, 2.24) is 5.32 Å². The highest BCUT2D eigenvalue weighted by molar-refractivity contribution is 4.62. The molecule has 0 aromatic rings. The van der Waals surface area contributed by atoms with Crippen LogP contribution in [0.25, 0.3) is 0 Å². The van der Waals surface area contributed by atoms with Gasteiger partial charge in [-0.3, -0.25) is 0 Å². The molecule has 0 aliphatic carbocycles. The average molecular weight is 229 g/mol. The quantitative estimate of drug-likeness (QED) is 0.615. The fourth-order valence-corrected chi connectivity index (χ4v) is 2.02. The summed E-state index contributed by atoms with van der Waals surface area (Å²) in [6, 6.07) is 0. The van der Waals surface area contributed by atoms with Gasteiger partial charge in [-0.05, 0) is 45.2 Å². The Morgan fingerprint density at radius 2 is 1.88 bits per heavy atom. The molecular weight excluding hydrogens is 202 g/mol. The monoisotopic (exact) mass is 229 g/mol. The third kappa shape index (κ3) is 7.20. The summed E-state index contributed by atoms with van der Waals surface area (Å²) in [5, 5.41) is 3.17. The van der Waals surface area contributed by atoms with Crippen LogP contribution in [0.3, 0.4) is 0 Å². The Labute approximate surface area is 99.9 Å². The molecule has 0 amide bonds. The number of nitrogens with one attached hydrogen (secondary N) is 1. The molecule has 0 spiro atoms. The smallest absolute Gasteiger partial charge is 0.0495 e. The van der Waals surface area contributed by atoms with Gasteiger partial charge in [0.15, 0.2) is 0 Å². The van der Waals surface area contributed by atoms with Crippen LogP contribution in [-0.2, 0) is 9.47 Å². The first-order chi connectivity index (χ1) is 7.93. The zero-order valence-corrected chi connectivity index (χ0v) is 10.7. The van der Waals surface area contributed by atoms with E-state index >= 15 is 0 Å². The van der Waals surface area contributed by atoms with Crippen molar-refractivity contribution < 1.29 is 9.47 Å². The van der Waals surface area contributed by atoms with Crippen LogP contribution in [0.2, 0.25) is 0 Å². The lowest BCUT2D eigenvalue weighted by Crippen LogP contribution is -2.20. The van der Waals surface area contributed by atoms with Gasteiger partial charge in [0.1, 0.15) is 0 Å². The molecule has 16 heavy (non-hydrogen) atoms. The third-order valence-electron chi connectivity index (χ3n) is 3.16. The van der Waals surface area contributed by atoms with E-state index in [1.54, 1.807) is 0 Å². The maximum atomic E-state index is 5.71. The number of hydrogen-bond acceptors (Lipinski definition) is 3. The van der Waals surface area contributed by atoms with E-state index in [1.165, 1.54) is 38.5 Å². The molecule has 1 rings (SSSR count). The van der Waals surface area contributed by atoms with E-state index in [0.29, 0.717) is 0 Å². The second kappa shape index (κ2) is 10.1. The molecule has 0 atom stereocenters. The van der Waals surface area contributed by atoms with Crippen molar-refractivity contribution in [1.29, 1.82) is 0 Å². The van der Waals surface area contributed by atoms with Crippen LogP contribution in [0.5, 0.6) is 0 Å². The number of ether oxygens (including phenoxy) is 2. The van der Waals surface area contributed by atoms with Crippen molar-refractivity contribution in [2.24, 2.45) is 5.92 Å². The minimum atomic E-state index is 0.748. The van der Waals surface area contributed by atoms with Crippen molar-refractivity contribution in [3.05, 3.63) is 0 Å². The highest BCUT2D eigenvalue weighted by atomic mass is 16.5. The molecule has 3 nitrogen and oxygen atoms in total. The number of unbranched alkanes of at least 4 members (excludes halogenated alkanes) is 3. The zero-order valence-electron chi connectivity index (χ0n) is 10.7. The molecule has 0 saturated carbocycles. The Kier molecular flexibility index (Phi) is 8.77. The summed E-state index contributed by atoms with van der Waals surface area (Å²) in [5.41, 5.74) is 0. The van der Waals surface area contributed by atoms with E-state index in [9.17, 15) is 0 Å². The minimum absolute atomic E-state index is 0.748. The van der Waals surface area contributed by atoms with Crippen molar-refractivity contribution >= 4 is 0 Å². The predicted octanol–water partition coefficient (Wildman–Crippen LogP) is 2.21. The standard InChI is InChI=1S/C13H27NO2/c1-14-8-4-2-3-5-9-16-12-13-6-10-15-11-7-13/h13-14H,2-12H2,1H3. The molecule has 0 radical (unpaired) electrons. The van der Waals surface area contributed by atoms with Crippen molar-refractivity contribution in [2.75, 3.05) is 40.0 Å². The first-order valence-electron chi connectivity index (χ1n) is 6.73. The van der Waals surface area contributed by atoms with Gasteiger partial charge in [0.25, 0.3) is 0 Å². The van der Waals surface area contributed by atoms with Gasteiger partial charge in [-0.2, -0.15) is 0 Å². The summed E-state index contributed by atoms with van der Waals surface area (Å²) >= 11 is 0. The summed E-state index contributed by atoms with van der Waals surface area (Å²) in [7, 11) is 2.01. The van der Waals surface area contributed by atoms with Crippen molar-refractivity contribution in [2.45, 2.75) is 38.5 Å². The Balaban J connectivity index is 1.77. The van der Waals surface area contributed by atoms with E-state index < -0.39 is 0 Å². The topological polar surface area (TPSA) is 30.5 Å². The zero-order chi connectivity index (χ0) is 11.5. The minimum Gasteiger partial charge on any atom is -0.381 e. The lowest BCUT2D eigenvalue weighted by Gasteiger charge is -2.21. The van der Waals surface area contributed by atoms with E-state index in [4.69, 9.17) is 9.47 Å². The van der Waals surface area contributed by atoms with Gasteiger partial charge >= 0.3 is 0 Å². The fraction of sp³-hybridized carbons (Fsp3) is 1.00. The summed E-state index contributed by atoms with van der Waals surface area (Å²) in [6.07, 6.45) is 7.49. The molecule has 1 aliphatic heterocycles. The lowest BCUT2D eigenvalue weighted by atomic mass is 10.0. The van der Waals surface area contributed by atoms with E-state index in [2.05, 4.69) is 5.32 Å². The normalized spacial score (nSPS) is 17.8. The molecule has 1 fully saturated rings. The van der Waals surface area contributed by atoms with Crippen LogP contribution < -0.4 is 5.32 Å².